The third kappa shape index (κ3) is 5.33. The number of halogens is 1. The van der Waals surface area contributed by atoms with Crippen molar-refractivity contribution in [2.75, 3.05) is 13.7 Å². The Balaban J connectivity index is 1.43. The molecule has 1 aromatic carbocycles. The minimum atomic E-state index is -1.02. The van der Waals surface area contributed by atoms with E-state index < -0.39 is 11.9 Å². The average Bonchev–Trinajstić information content (AvgIpc) is 3.63. The maximum absolute atomic E-state index is 14.6. The number of aromatic nitrogens is 2. The molecule has 37 heavy (non-hydrogen) atoms. The number of nitrogens with zero attached hydrogens (tertiary/aromatic N) is 1. The SMILES string of the molecule is COc1cc(-c2ccnc3c(C(=O)N[C@H]4CC[C@H](NC(=O)O)CC4)c(C)[nH]c23)c(OCC2CC2)cc1F. The fraction of sp³-hybridized carbons (Fsp3) is 0.444. The molecule has 10 heteroatoms. The van der Waals surface area contributed by atoms with Crippen LogP contribution in [0.5, 0.6) is 11.5 Å². The normalized spacial score (nSPS) is 19.4. The molecule has 2 aromatic heterocycles. The topological polar surface area (TPSA) is 126 Å². The van der Waals surface area contributed by atoms with Crippen LogP contribution in [-0.4, -0.2) is 52.9 Å². The maximum Gasteiger partial charge on any atom is 0.404 e. The molecule has 196 valence electrons. The number of rotatable bonds is 8. The smallest absolute Gasteiger partial charge is 0.404 e. The summed E-state index contributed by atoms with van der Waals surface area (Å²) in [5.74, 6) is 0.285. The van der Waals surface area contributed by atoms with Crippen molar-refractivity contribution in [3.8, 4) is 22.6 Å². The van der Waals surface area contributed by atoms with Crippen LogP contribution in [-0.2, 0) is 0 Å². The van der Waals surface area contributed by atoms with Crippen LogP contribution in [0.1, 0.15) is 54.6 Å². The lowest BCUT2D eigenvalue weighted by Gasteiger charge is -2.28. The van der Waals surface area contributed by atoms with Crippen LogP contribution < -0.4 is 20.1 Å². The van der Waals surface area contributed by atoms with Crippen LogP contribution in [0.4, 0.5) is 9.18 Å². The van der Waals surface area contributed by atoms with Gasteiger partial charge in [0.25, 0.3) is 5.91 Å². The highest BCUT2D eigenvalue weighted by atomic mass is 19.1. The average molecular weight is 511 g/mol. The van der Waals surface area contributed by atoms with Gasteiger partial charge in [-0.1, -0.05) is 0 Å². The number of carboxylic acid groups (broad SMARTS) is 1. The third-order valence-electron chi connectivity index (χ3n) is 7.21. The predicted molar refractivity (Wildman–Crippen MR) is 136 cm³/mol. The van der Waals surface area contributed by atoms with Crippen molar-refractivity contribution in [1.82, 2.24) is 20.6 Å². The van der Waals surface area contributed by atoms with E-state index in [0.717, 1.165) is 18.4 Å². The van der Waals surface area contributed by atoms with Gasteiger partial charge in [-0.15, -0.1) is 0 Å². The number of benzene rings is 1. The van der Waals surface area contributed by atoms with Crippen LogP contribution >= 0.6 is 0 Å². The first-order valence-electron chi connectivity index (χ1n) is 12.6. The molecule has 0 radical (unpaired) electrons. The van der Waals surface area contributed by atoms with Crippen LogP contribution in [0.15, 0.2) is 24.4 Å². The molecule has 2 aliphatic carbocycles. The number of nitrogens with one attached hydrogen (secondary N) is 3. The first-order chi connectivity index (χ1) is 17.8. The Labute approximate surface area is 213 Å². The van der Waals surface area contributed by atoms with Gasteiger partial charge in [-0.25, -0.2) is 9.18 Å². The molecule has 5 rings (SSSR count). The Morgan fingerprint density at radius 1 is 1.08 bits per heavy atom. The molecule has 3 aromatic rings. The van der Waals surface area contributed by atoms with Gasteiger partial charge in [-0.05, 0) is 63.5 Å². The van der Waals surface area contributed by atoms with Crippen molar-refractivity contribution in [1.29, 1.82) is 0 Å². The molecule has 0 spiro atoms. The van der Waals surface area contributed by atoms with Gasteiger partial charge >= 0.3 is 6.09 Å². The minimum Gasteiger partial charge on any atom is -0.494 e. The Kier molecular flexibility index (Phi) is 6.90. The van der Waals surface area contributed by atoms with Crippen molar-refractivity contribution >= 4 is 23.0 Å². The summed E-state index contributed by atoms with van der Waals surface area (Å²) in [4.78, 5) is 32.0. The van der Waals surface area contributed by atoms with Crippen molar-refractivity contribution in [2.45, 2.75) is 57.5 Å². The highest BCUT2D eigenvalue weighted by molar-refractivity contribution is 6.09. The molecular weight excluding hydrogens is 479 g/mol. The van der Waals surface area contributed by atoms with Gasteiger partial charge in [0.2, 0.25) is 0 Å². The number of methoxy groups -OCH3 is 1. The number of ether oxygens (including phenoxy) is 2. The second-order valence-electron chi connectivity index (χ2n) is 9.92. The lowest BCUT2D eigenvalue weighted by molar-refractivity contribution is 0.0924. The summed E-state index contributed by atoms with van der Waals surface area (Å²) < 4.78 is 25.8. The van der Waals surface area contributed by atoms with E-state index >= 15 is 0 Å². The van der Waals surface area contributed by atoms with Gasteiger partial charge < -0.3 is 30.2 Å². The summed E-state index contributed by atoms with van der Waals surface area (Å²) in [6, 6.07) is 4.64. The fourth-order valence-corrected chi connectivity index (χ4v) is 5.04. The number of amides is 2. The second-order valence-corrected chi connectivity index (χ2v) is 9.92. The summed E-state index contributed by atoms with van der Waals surface area (Å²) in [5.41, 5.74) is 3.69. The Morgan fingerprint density at radius 2 is 1.78 bits per heavy atom. The maximum atomic E-state index is 14.6. The Hall–Kier alpha value is -3.82. The van der Waals surface area contributed by atoms with Crippen molar-refractivity contribution in [3.05, 3.63) is 41.5 Å². The van der Waals surface area contributed by atoms with Crippen LogP contribution in [0, 0.1) is 18.7 Å². The quantitative estimate of drug-likeness (QED) is 0.346. The van der Waals surface area contributed by atoms with Crippen LogP contribution in [0.25, 0.3) is 22.2 Å². The molecule has 4 N–H and O–H groups in total. The number of carbonyl (C=O) groups excluding carboxylic acids is 1. The van der Waals surface area contributed by atoms with E-state index in [1.807, 2.05) is 13.0 Å². The van der Waals surface area contributed by atoms with E-state index in [1.54, 1.807) is 12.3 Å². The van der Waals surface area contributed by atoms with Gasteiger partial charge in [0.05, 0.1) is 24.8 Å². The van der Waals surface area contributed by atoms with Gasteiger partial charge in [0.1, 0.15) is 11.3 Å². The third-order valence-corrected chi connectivity index (χ3v) is 7.21. The standard InChI is InChI=1S/C27H31FN4O5/c1-14-23(26(33)31-16-5-7-17(8-6-16)32-27(34)35)25-24(30-14)18(9-10-29-25)19-11-22(36-2)20(28)12-21(19)37-13-15-3-4-15/h9-12,15-17,30,32H,3-8,13H2,1-2H3,(H,31,33)(H,34,35)/t16-,17-. The molecule has 9 nitrogen and oxygen atoms in total. The molecule has 2 aliphatic rings. The predicted octanol–water partition coefficient (Wildman–Crippen LogP) is 4.78. The first-order valence-corrected chi connectivity index (χ1v) is 12.6. The molecule has 0 saturated heterocycles. The molecule has 2 fully saturated rings. The number of aryl methyl sites for hydroxylation is 1. The van der Waals surface area contributed by atoms with E-state index in [-0.39, 0.29) is 23.7 Å². The number of H-pyrrole nitrogens is 1. The van der Waals surface area contributed by atoms with E-state index in [1.165, 1.54) is 13.2 Å². The molecule has 0 aliphatic heterocycles. The zero-order chi connectivity index (χ0) is 26.1. The van der Waals surface area contributed by atoms with Gasteiger partial charge in [-0.3, -0.25) is 9.78 Å². The number of fused-ring (bicyclic) bond motifs is 1. The molecule has 0 bridgehead atoms. The highest BCUT2D eigenvalue weighted by Crippen LogP contribution is 2.40. The zero-order valence-electron chi connectivity index (χ0n) is 20.9. The van der Waals surface area contributed by atoms with Gasteiger partial charge in [-0.2, -0.15) is 0 Å². The summed E-state index contributed by atoms with van der Waals surface area (Å²) in [7, 11) is 1.42. The number of pyridine rings is 1. The van der Waals surface area contributed by atoms with Gasteiger partial charge in [0.15, 0.2) is 11.6 Å². The fourth-order valence-electron chi connectivity index (χ4n) is 5.04. The van der Waals surface area contributed by atoms with Crippen molar-refractivity contribution in [2.24, 2.45) is 5.92 Å². The van der Waals surface area contributed by atoms with E-state index in [9.17, 15) is 14.0 Å². The molecule has 2 amide bonds. The van der Waals surface area contributed by atoms with Crippen molar-refractivity contribution in [3.63, 3.8) is 0 Å². The van der Waals surface area contributed by atoms with E-state index in [0.29, 0.717) is 71.8 Å². The van der Waals surface area contributed by atoms with E-state index in [2.05, 4.69) is 20.6 Å². The number of carbonyl (C=O) groups is 2. The van der Waals surface area contributed by atoms with Crippen LogP contribution in [0.2, 0.25) is 0 Å². The van der Waals surface area contributed by atoms with Gasteiger partial charge in [0, 0.05) is 41.2 Å². The Bertz CT molecular complexity index is 1330. The number of hydrogen-bond donors (Lipinski definition) is 4. The summed E-state index contributed by atoms with van der Waals surface area (Å²) in [6.45, 7) is 2.35. The molecule has 0 unspecified atom stereocenters. The molecule has 2 heterocycles. The Morgan fingerprint density at radius 3 is 2.43 bits per heavy atom. The molecule has 0 atom stereocenters. The lowest BCUT2D eigenvalue weighted by Crippen LogP contribution is -2.43. The highest BCUT2D eigenvalue weighted by Gasteiger charge is 2.27. The summed E-state index contributed by atoms with van der Waals surface area (Å²) in [6.07, 6.45) is 5.54. The van der Waals surface area contributed by atoms with E-state index in [4.69, 9.17) is 14.6 Å². The number of aromatic amines is 1. The second kappa shape index (κ2) is 10.3. The summed E-state index contributed by atoms with van der Waals surface area (Å²) >= 11 is 0. The largest absolute Gasteiger partial charge is 0.494 e. The van der Waals surface area contributed by atoms with Crippen molar-refractivity contribution < 1.29 is 28.6 Å². The monoisotopic (exact) mass is 510 g/mol. The molecular formula is C27H31FN4O5. The minimum absolute atomic E-state index is 0.0457. The zero-order valence-corrected chi connectivity index (χ0v) is 20.9. The van der Waals surface area contributed by atoms with Crippen LogP contribution in [0.3, 0.4) is 0 Å². The lowest BCUT2D eigenvalue weighted by atomic mass is 9.91. The number of hydrogen-bond acceptors (Lipinski definition) is 5. The summed E-state index contributed by atoms with van der Waals surface area (Å²) in [5, 5.41) is 14.5. The molecule has 2 saturated carbocycles. The first kappa shape index (κ1) is 24.9.